The summed E-state index contributed by atoms with van der Waals surface area (Å²) in [4.78, 5) is 11.5. The van der Waals surface area contributed by atoms with Gasteiger partial charge in [-0.3, -0.25) is 0 Å². The van der Waals surface area contributed by atoms with Crippen molar-refractivity contribution in [1.82, 2.24) is 9.78 Å². The molecule has 2 aliphatic carbocycles. The third-order valence-electron chi connectivity index (χ3n) is 5.19. The Labute approximate surface area is 136 Å². The first-order valence-electron chi connectivity index (χ1n) is 8.65. The van der Waals surface area contributed by atoms with Crippen molar-refractivity contribution >= 4 is 5.97 Å². The highest BCUT2D eigenvalue weighted by atomic mass is 16.4. The monoisotopic (exact) mass is 310 g/mol. The zero-order chi connectivity index (χ0) is 15.8. The van der Waals surface area contributed by atoms with Crippen molar-refractivity contribution in [3.05, 3.63) is 47.3 Å². The summed E-state index contributed by atoms with van der Waals surface area (Å²) >= 11 is 0. The van der Waals surface area contributed by atoms with Crippen molar-refractivity contribution in [2.45, 2.75) is 56.8 Å². The lowest BCUT2D eigenvalue weighted by Crippen LogP contribution is -2.08. The fraction of sp³-hybridized carbons (Fsp3) is 0.474. The molecule has 4 nitrogen and oxygen atoms in total. The molecule has 1 heterocycles. The van der Waals surface area contributed by atoms with Gasteiger partial charge in [0.15, 0.2) is 0 Å². The van der Waals surface area contributed by atoms with Gasteiger partial charge in [-0.1, -0.05) is 31.4 Å². The molecule has 0 radical (unpaired) electrons. The Morgan fingerprint density at radius 3 is 2.57 bits per heavy atom. The van der Waals surface area contributed by atoms with Crippen LogP contribution in [0.3, 0.4) is 0 Å². The number of nitrogens with zero attached hydrogens (tertiary/aromatic N) is 2. The van der Waals surface area contributed by atoms with E-state index in [4.69, 9.17) is 0 Å². The Bertz CT molecular complexity index is 725. The number of carbonyl (C=O) groups is 1. The smallest absolute Gasteiger partial charge is 0.339 e. The second kappa shape index (κ2) is 5.84. The Hall–Kier alpha value is -2.10. The molecule has 2 aromatic rings. The van der Waals surface area contributed by atoms with Crippen molar-refractivity contribution in [2.24, 2.45) is 0 Å². The maximum absolute atomic E-state index is 11.5. The second-order valence-corrected chi connectivity index (χ2v) is 6.86. The third-order valence-corrected chi connectivity index (χ3v) is 5.19. The molecule has 0 aliphatic heterocycles. The van der Waals surface area contributed by atoms with Crippen LogP contribution in [0.5, 0.6) is 0 Å². The average Bonchev–Trinajstić information content (AvgIpc) is 3.33. The first-order valence-corrected chi connectivity index (χ1v) is 8.65. The Morgan fingerprint density at radius 2 is 1.87 bits per heavy atom. The van der Waals surface area contributed by atoms with Crippen LogP contribution in [0.1, 0.15) is 78.4 Å². The van der Waals surface area contributed by atoms with Crippen molar-refractivity contribution in [3.63, 3.8) is 0 Å². The molecule has 1 N–H and O–H groups in total. The van der Waals surface area contributed by atoms with Gasteiger partial charge in [-0.15, -0.1) is 0 Å². The Balaban J connectivity index is 1.72. The fourth-order valence-corrected chi connectivity index (χ4v) is 3.82. The fourth-order valence-electron chi connectivity index (χ4n) is 3.82. The van der Waals surface area contributed by atoms with E-state index in [1.54, 1.807) is 0 Å². The maximum atomic E-state index is 11.5. The number of rotatable bonds is 4. The molecule has 0 amide bonds. The standard InChI is InChI=1S/C19H22N2O2/c22-19(23)17-12-20-21(18(17)14-9-10-14)16-8-4-7-15(11-16)13-5-2-1-3-6-13/h4,7-8,11-14H,1-3,5-6,9-10H2,(H,22,23). The van der Waals surface area contributed by atoms with Gasteiger partial charge in [0.1, 0.15) is 5.56 Å². The number of aromatic carboxylic acids is 1. The zero-order valence-corrected chi connectivity index (χ0v) is 13.2. The lowest BCUT2D eigenvalue weighted by Gasteiger charge is -2.22. The minimum atomic E-state index is -0.874. The van der Waals surface area contributed by atoms with Gasteiger partial charge in [0.2, 0.25) is 0 Å². The van der Waals surface area contributed by atoms with E-state index in [1.807, 2.05) is 10.7 Å². The largest absolute Gasteiger partial charge is 0.478 e. The van der Waals surface area contributed by atoms with E-state index in [9.17, 15) is 9.90 Å². The molecule has 0 unspecified atom stereocenters. The van der Waals surface area contributed by atoms with Crippen LogP contribution in [0.25, 0.3) is 5.69 Å². The number of hydrogen-bond acceptors (Lipinski definition) is 2. The van der Waals surface area contributed by atoms with Gasteiger partial charge in [0, 0.05) is 5.92 Å². The first-order chi connectivity index (χ1) is 11.2. The van der Waals surface area contributed by atoms with Crippen LogP contribution < -0.4 is 0 Å². The maximum Gasteiger partial charge on any atom is 0.339 e. The highest BCUT2D eigenvalue weighted by molar-refractivity contribution is 5.89. The normalized spacial score (nSPS) is 19.0. The molecule has 0 spiro atoms. The molecule has 2 aliphatic rings. The molecule has 4 rings (SSSR count). The average molecular weight is 310 g/mol. The van der Waals surface area contributed by atoms with Gasteiger partial charge in [-0.2, -0.15) is 5.10 Å². The summed E-state index contributed by atoms with van der Waals surface area (Å²) in [5.74, 6) is 0.117. The molecule has 2 saturated carbocycles. The van der Waals surface area contributed by atoms with Crippen LogP contribution in [-0.4, -0.2) is 20.9 Å². The van der Waals surface area contributed by atoms with Crippen molar-refractivity contribution in [1.29, 1.82) is 0 Å². The number of hydrogen-bond donors (Lipinski definition) is 1. The van der Waals surface area contributed by atoms with E-state index in [0.29, 0.717) is 17.4 Å². The van der Waals surface area contributed by atoms with Gasteiger partial charge < -0.3 is 5.11 Å². The van der Waals surface area contributed by atoms with Gasteiger partial charge in [0.05, 0.1) is 17.6 Å². The van der Waals surface area contributed by atoms with E-state index in [0.717, 1.165) is 24.2 Å². The summed E-state index contributed by atoms with van der Waals surface area (Å²) in [6.45, 7) is 0. The van der Waals surface area contributed by atoms with Crippen LogP contribution in [0, 0.1) is 0 Å². The summed E-state index contributed by atoms with van der Waals surface area (Å²) in [6.07, 6.45) is 10.1. The summed E-state index contributed by atoms with van der Waals surface area (Å²) < 4.78 is 1.85. The van der Waals surface area contributed by atoms with Crippen molar-refractivity contribution < 1.29 is 9.90 Å². The number of carboxylic acid groups (broad SMARTS) is 1. The van der Waals surface area contributed by atoms with Crippen molar-refractivity contribution in [2.75, 3.05) is 0 Å². The molecule has 0 atom stereocenters. The van der Waals surface area contributed by atoms with Crippen LogP contribution in [0.4, 0.5) is 0 Å². The lowest BCUT2D eigenvalue weighted by molar-refractivity contribution is 0.0695. The summed E-state index contributed by atoms with van der Waals surface area (Å²) in [5.41, 5.74) is 3.60. The molecular weight excluding hydrogens is 288 g/mol. The van der Waals surface area contributed by atoms with Gasteiger partial charge in [-0.25, -0.2) is 9.48 Å². The van der Waals surface area contributed by atoms with Crippen LogP contribution in [0.2, 0.25) is 0 Å². The number of aromatic nitrogens is 2. The molecule has 1 aromatic heterocycles. The zero-order valence-electron chi connectivity index (χ0n) is 13.2. The van der Waals surface area contributed by atoms with Crippen LogP contribution in [0.15, 0.2) is 30.5 Å². The van der Waals surface area contributed by atoms with E-state index >= 15 is 0 Å². The highest BCUT2D eigenvalue weighted by Gasteiger charge is 2.33. The molecule has 2 fully saturated rings. The quantitative estimate of drug-likeness (QED) is 0.905. The van der Waals surface area contributed by atoms with Gasteiger partial charge >= 0.3 is 5.97 Å². The molecule has 120 valence electrons. The molecule has 0 saturated heterocycles. The molecule has 4 heteroatoms. The predicted molar refractivity (Wildman–Crippen MR) is 88.3 cm³/mol. The number of benzene rings is 1. The third kappa shape index (κ3) is 2.78. The second-order valence-electron chi connectivity index (χ2n) is 6.86. The summed E-state index contributed by atoms with van der Waals surface area (Å²) in [7, 11) is 0. The van der Waals surface area contributed by atoms with E-state index in [2.05, 4.69) is 23.3 Å². The van der Waals surface area contributed by atoms with Crippen LogP contribution >= 0.6 is 0 Å². The van der Waals surface area contributed by atoms with E-state index in [1.165, 1.54) is 43.9 Å². The SMILES string of the molecule is O=C(O)c1cnn(-c2cccc(C3CCCCC3)c2)c1C1CC1. The topological polar surface area (TPSA) is 55.1 Å². The molecule has 23 heavy (non-hydrogen) atoms. The van der Waals surface area contributed by atoms with Crippen molar-refractivity contribution in [3.8, 4) is 5.69 Å². The molecule has 0 bridgehead atoms. The Morgan fingerprint density at radius 1 is 1.09 bits per heavy atom. The van der Waals surface area contributed by atoms with Crippen LogP contribution in [-0.2, 0) is 0 Å². The predicted octanol–water partition coefficient (Wildman–Crippen LogP) is 4.50. The Kier molecular flexibility index (Phi) is 3.68. The van der Waals surface area contributed by atoms with Gasteiger partial charge in [-0.05, 0) is 49.3 Å². The minimum absolute atomic E-state index is 0.349. The molecular formula is C19H22N2O2. The summed E-state index contributed by atoms with van der Waals surface area (Å²) in [6, 6.07) is 8.54. The van der Waals surface area contributed by atoms with Gasteiger partial charge in [0.25, 0.3) is 0 Å². The number of carboxylic acids is 1. The molecule has 1 aromatic carbocycles. The lowest BCUT2D eigenvalue weighted by atomic mass is 9.84. The first kappa shape index (κ1) is 14.5. The minimum Gasteiger partial charge on any atom is -0.478 e. The highest BCUT2D eigenvalue weighted by Crippen LogP contribution is 2.42. The summed E-state index contributed by atoms with van der Waals surface area (Å²) in [5, 5.41) is 13.8. The van der Waals surface area contributed by atoms with E-state index in [-0.39, 0.29) is 0 Å². The van der Waals surface area contributed by atoms with E-state index < -0.39 is 5.97 Å².